The Labute approximate surface area is 118 Å². The van der Waals surface area contributed by atoms with Crippen LogP contribution in [0.2, 0.25) is 5.02 Å². The fourth-order valence-corrected chi connectivity index (χ4v) is 2.04. The predicted molar refractivity (Wildman–Crippen MR) is 77.2 cm³/mol. The van der Waals surface area contributed by atoms with E-state index in [4.69, 9.17) is 16.3 Å². The van der Waals surface area contributed by atoms with Gasteiger partial charge in [0.25, 0.3) is 0 Å². The van der Waals surface area contributed by atoms with Crippen molar-refractivity contribution < 1.29 is 9.53 Å². The molecule has 98 valence electrons. The Balaban J connectivity index is 2.22. The second-order valence-corrected chi connectivity index (χ2v) is 4.87. The molecule has 2 aromatic carbocycles. The number of carbonyl (C=O) groups is 1. The fourth-order valence-electron chi connectivity index (χ4n) is 1.91. The van der Waals surface area contributed by atoms with Gasteiger partial charge >= 0.3 is 0 Å². The number of hydrogen-bond acceptors (Lipinski definition) is 2. The van der Waals surface area contributed by atoms with E-state index in [-0.39, 0.29) is 5.78 Å². The molecule has 2 aromatic rings. The van der Waals surface area contributed by atoms with Crippen molar-refractivity contribution in [1.82, 2.24) is 0 Å². The van der Waals surface area contributed by atoms with Crippen molar-refractivity contribution >= 4 is 17.4 Å². The van der Waals surface area contributed by atoms with Crippen LogP contribution in [0.25, 0.3) is 0 Å². The Bertz CT molecular complexity index is 588. The summed E-state index contributed by atoms with van der Waals surface area (Å²) in [6.07, 6.45) is 0.344. The molecule has 0 saturated carbocycles. The number of ketones is 1. The predicted octanol–water partition coefficient (Wildman–Crippen LogP) is 4.08. The van der Waals surface area contributed by atoms with Crippen LogP contribution in [0.1, 0.15) is 21.5 Å². The Morgan fingerprint density at radius 1 is 1.16 bits per heavy atom. The molecule has 0 spiro atoms. The molecule has 0 aliphatic carbocycles. The van der Waals surface area contributed by atoms with Gasteiger partial charge in [0, 0.05) is 11.4 Å². The maximum absolute atomic E-state index is 12.3. The number of carbonyl (C=O) groups excluding carboxylic acids is 1. The molecule has 19 heavy (non-hydrogen) atoms. The van der Waals surface area contributed by atoms with Crippen molar-refractivity contribution in [3.8, 4) is 5.75 Å². The largest absolute Gasteiger partial charge is 0.496 e. The number of halogens is 1. The first-order chi connectivity index (χ1) is 9.10. The summed E-state index contributed by atoms with van der Waals surface area (Å²) < 4.78 is 5.26. The van der Waals surface area contributed by atoms with E-state index < -0.39 is 0 Å². The number of aryl methyl sites for hydroxylation is 1. The molecule has 0 saturated heterocycles. The third-order valence-electron chi connectivity index (χ3n) is 2.94. The van der Waals surface area contributed by atoms with E-state index in [0.717, 1.165) is 11.1 Å². The molecule has 3 heteroatoms. The van der Waals surface area contributed by atoms with Crippen molar-refractivity contribution in [2.24, 2.45) is 0 Å². The van der Waals surface area contributed by atoms with Crippen LogP contribution in [0.3, 0.4) is 0 Å². The Kier molecular flexibility index (Phi) is 4.23. The molecule has 2 rings (SSSR count). The van der Waals surface area contributed by atoms with Gasteiger partial charge in [-0.05, 0) is 42.3 Å². The molecule has 0 amide bonds. The Hall–Kier alpha value is -1.80. The topological polar surface area (TPSA) is 26.3 Å². The summed E-state index contributed by atoms with van der Waals surface area (Å²) in [4.78, 5) is 12.3. The monoisotopic (exact) mass is 274 g/mol. The van der Waals surface area contributed by atoms with Gasteiger partial charge in [-0.1, -0.05) is 29.8 Å². The number of methoxy groups -OCH3 is 1. The third kappa shape index (κ3) is 3.36. The zero-order chi connectivity index (χ0) is 13.8. The molecular formula is C16H15ClO2. The van der Waals surface area contributed by atoms with Crippen molar-refractivity contribution in [1.29, 1.82) is 0 Å². The summed E-state index contributed by atoms with van der Waals surface area (Å²) >= 11 is 5.83. The van der Waals surface area contributed by atoms with Crippen molar-refractivity contribution in [3.05, 3.63) is 64.2 Å². The van der Waals surface area contributed by atoms with Gasteiger partial charge in [-0.15, -0.1) is 0 Å². The summed E-state index contributed by atoms with van der Waals surface area (Å²) in [5.41, 5.74) is 2.62. The minimum Gasteiger partial charge on any atom is -0.496 e. The van der Waals surface area contributed by atoms with Crippen LogP contribution in [0.5, 0.6) is 5.75 Å². The normalized spacial score (nSPS) is 10.3. The summed E-state index contributed by atoms with van der Waals surface area (Å²) in [6, 6.07) is 12.9. The van der Waals surface area contributed by atoms with E-state index in [1.54, 1.807) is 19.2 Å². The van der Waals surface area contributed by atoms with Crippen LogP contribution in [-0.2, 0) is 6.42 Å². The lowest BCUT2D eigenvalue weighted by Gasteiger charge is -2.08. The van der Waals surface area contributed by atoms with Gasteiger partial charge in [0.2, 0.25) is 0 Å². The van der Waals surface area contributed by atoms with E-state index in [1.807, 2.05) is 37.3 Å². The van der Waals surface area contributed by atoms with Crippen LogP contribution in [0.4, 0.5) is 0 Å². The minimum atomic E-state index is 0.0409. The number of rotatable bonds is 4. The van der Waals surface area contributed by atoms with Gasteiger partial charge < -0.3 is 4.74 Å². The lowest BCUT2D eigenvalue weighted by atomic mass is 10.0. The molecular weight excluding hydrogens is 260 g/mol. The highest BCUT2D eigenvalue weighted by molar-refractivity contribution is 6.30. The van der Waals surface area contributed by atoms with Gasteiger partial charge in [-0.2, -0.15) is 0 Å². The van der Waals surface area contributed by atoms with E-state index >= 15 is 0 Å². The molecule has 0 N–H and O–H groups in total. The number of ether oxygens (including phenoxy) is 1. The van der Waals surface area contributed by atoms with Gasteiger partial charge in [0.1, 0.15) is 5.75 Å². The SMILES string of the molecule is COc1cc(C)ccc1C(=O)Cc1ccc(Cl)cc1. The van der Waals surface area contributed by atoms with Gasteiger partial charge in [-0.3, -0.25) is 4.79 Å². The van der Waals surface area contributed by atoms with Crippen molar-refractivity contribution in [2.45, 2.75) is 13.3 Å². The summed E-state index contributed by atoms with van der Waals surface area (Å²) in [5.74, 6) is 0.665. The maximum atomic E-state index is 12.3. The van der Waals surface area contributed by atoms with Crippen LogP contribution in [0, 0.1) is 6.92 Å². The third-order valence-corrected chi connectivity index (χ3v) is 3.19. The fraction of sp³-hybridized carbons (Fsp3) is 0.188. The van der Waals surface area contributed by atoms with E-state index in [9.17, 15) is 4.79 Å². The smallest absolute Gasteiger partial charge is 0.170 e. The zero-order valence-corrected chi connectivity index (χ0v) is 11.7. The quantitative estimate of drug-likeness (QED) is 0.785. The molecule has 0 aliphatic heterocycles. The van der Waals surface area contributed by atoms with Gasteiger partial charge in [0.15, 0.2) is 5.78 Å². The molecule has 0 bridgehead atoms. The number of benzene rings is 2. The van der Waals surface area contributed by atoms with Gasteiger partial charge in [0.05, 0.1) is 12.7 Å². The number of hydrogen-bond donors (Lipinski definition) is 0. The van der Waals surface area contributed by atoms with E-state index in [1.165, 1.54) is 0 Å². The highest BCUT2D eigenvalue weighted by atomic mass is 35.5. The summed E-state index contributed by atoms with van der Waals surface area (Å²) in [7, 11) is 1.58. The van der Waals surface area contributed by atoms with Crippen LogP contribution >= 0.6 is 11.6 Å². The van der Waals surface area contributed by atoms with Crippen LogP contribution in [0.15, 0.2) is 42.5 Å². The first kappa shape index (κ1) is 13.6. The molecule has 0 fully saturated rings. The first-order valence-corrected chi connectivity index (χ1v) is 6.40. The first-order valence-electron chi connectivity index (χ1n) is 6.02. The lowest BCUT2D eigenvalue weighted by Crippen LogP contribution is -2.06. The standard InChI is InChI=1S/C16H15ClO2/c1-11-3-8-14(16(9-11)19-2)15(18)10-12-4-6-13(17)7-5-12/h3-9H,10H2,1-2H3. The molecule has 0 unspecified atom stereocenters. The van der Waals surface area contributed by atoms with Gasteiger partial charge in [-0.25, -0.2) is 0 Å². The maximum Gasteiger partial charge on any atom is 0.170 e. The van der Waals surface area contributed by atoms with Crippen LogP contribution < -0.4 is 4.74 Å². The molecule has 0 heterocycles. The Morgan fingerprint density at radius 2 is 1.84 bits per heavy atom. The lowest BCUT2D eigenvalue weighted by molar-refractivity contribution is 0.0990. The molecule has 0 atom stereocenters. The highest BCUT2D eigenvalue weighted by Crippen LogP contribution is 2.22. The molecule has 0 aromatic heterocycles. The molecule has 0 radical (unpaired) electrons. The second-order valence-electron chi connectivity index (χ2n) is 4.43. The molecule has 2 nitrogen and oxygen atoms in total. The van der Waals surface area contributed by atoms with Crippen molar-refractivity contribution in [3.63, 3.8) is 0 Å². The number of Topliss-reactive ketones (excluding diaryl/α,β-unsaturated/α-hetero) is 1. The summed E-state index contributed by atoms with van der Waals surface area (Å²) in [6.45, 7) is 1.97. The summed E-state index contributed by atoms with van der Waals surface area (Å²) in [5, 5.41) is 0.670. The zero-order valence-electron chi connectivity index (χ0n) is 10.9. The van der Waals surface area contributed by atoms with E-state index in [0.29, 0.717) is 22.8 Å². The molecule has 0 aliphatic rings. The Morgan fingerprint density at radius 3 is 2.47 bits per heavy atom. The second kappa shape index (κ2) is 5.89. The van der Waals surface area contributed by atoms with Crippen molar-refractivity contribution in [2.75, 3.05) is 7.11 Å². The minimum absolute atomic E-state index is 0.0409. The average molecular weight is 275 g/mol. The van der Waals surface area contributed by atoms with Crippen LogP contribution in [-0.4, -0.2) is 12.9 Å². The highest BCUT2D eigenvalue weighted by Gasteiger charge is 2.12. The van der Waals surface area contributed by atoms with E-state index in [2.05, 4.69) is 0 Å². The average Bonchev–Trinajstić information content (AvgIpc) is 2.41.